The van der Waals surface area contributed by atoms with Gasteiger partial charge in [0.2, 0.25) is 0 Å². The van der Waals surface area contributed by atoms with Crippen LogP contribution >= 0.6 is 11.6 Å². The Kier molecular flexibility index (Phi) is 7.53. The Bertz CT molecular complexity index is 576. The van der Waals surface area contributed by atoms with Gasteiger partial charge in [0.05, 0.1) is 5.02 Å². The third-order valence-electron chi connectivity index (χ3n) is 2.15. The van der Waals surface area contributed by atoms with Crippen molar-refractivity contribution in [2.45, 2.75) is 13.5 Å². The largest absolute Gasteiger partial charge is 0.412 e. The number of carbonyl (C=O) groups excluding carboxylic acids is 2. The number of aldehydes is 1. The summed E-state index contributed by atoms with van der Waals surface area (Å²) in [4.78, 5) is 24.2. The summed E-state index contributed by atoms with van der Waals surface area (Å²) in [6, 6.07) is 10.6. The van der Waals surface area contributed by atoms with Crippen LogP contribution < -0.4 is 10.1 Å². The van der Waals surface area contributed by atoms with Crippen LogP contribution in [-0.4, -0.2) is 17.4 Å². The molecule has 0 spiro atoms. The Morgan fingerprint density at radius 3 is 2.62 bits per heavy atom. The molecule has 21 heavy (non-hydrogen) atoms. The van der Waals surface area contributed by atoms with Crippen LogP contribution in [0.4, 0.5) is 4.79 Å². The maximum Gasteiger partial charge on any atom is 0.412 e. The van der Waals surface area contributed by atoms with Gasteiger partial charge < -0.3 is 14.8 Å². The normalized spacial score (nSPS) is 9.05. The Morgan fingerprint density at radius 2 is 2.00 bits per heavy atom. The highest BCUT2D eigenvalue weighted by molar-refractivity contribution is 6.30. The monoisotopic (exact) mass is 306 g/mol. The number of nitrogens with one attached hydrogen (secondary N) is 1. The van der Waals surface area contributed by atoms with Crippen molar-refractivity contribution in [3.8, 4) is 5.75 Å². The Hall–Kier alpha value is -2.40. The molecule has 0 aliphatic rings. The third-order valence-corrected chi connectivity index (χ3v) is 2.36. The van der Waals surface area contributed by atoms with E-state index in [0.29, 0.717) is 17.3 Å². The maximum absolute atomic E-state index is 11.5. The number of pyridine rings is 1. The van der Waals surface area contributed by atoms with E-state index >= 15 is 0 Å². The van der Waals surface area contributed by atoms with Crippen LogP contribution in [0, 0.1) is 0 Å². The van der Waals surface area contributed by atoms with E-state index in [1.165, 1.54) is 13.1 Å². The maximum atomic E-state index is 11.5. The number of aromatic nitrogens is 1. The summed E-state index contributed by atoms with van der Waals surface area (Å²) in [5.41, 5.74) is 0.813. The number of nitrogens with zero attached hydrogens (tertiary/aromatic N) is 1. The van der Waals surface area contributed by atoms with Crippen molar-refractivity contribution in [2.24, 2.45) is 0 Å². The molecule has 2 aromatic rings. The predicted octanol–water partition coefficient (Wildman–Crippen LogP) is 3.23. The smallest absolute Gasteiger partial charge is 0.410 e. The van der Waals surface area contributed by atoms with Gasteiger partial charge in [-0.3, -0.25) is 4.98 Å². The third kappa shape index (κ3) is 7.08. The zero-order valence-corrected chi connectivity index (χ0v) is 12.2. The Labute approximate surface area is 127 Å². The molecule has 1 N–H and O–H groups in total. The van der Waals surface area contributed by atoms with E-state index in [9.17, 15) is 4.79 Å². The van der Waals surface area contributed by atoms with Gasteiger partial charge in [-0.25, -0.2) is 4.79 Å². The Balaban J connectivity index is 0.000000677. The van der Waals surface area contributed by atoms with Gasteiger partial charge in [-0.1, -0.05) is 29.8 Å². The van der Waals surface area contributed by atoms with Crippen molar-refractivity contribution in [3.63, 3.8) is 0 Å². The first-order chi connectivity index (χ1) is 10.2. The van der Waals surface area contributed by atoms with Gasteiger partial charge in [-0.2, -0.15) is 0 Å². The quantitative estimate of drug-likeness (QED) is 0.884. The first-order valence-corrected chi connectivity index (χ1v) is 6.53. The molecule has 1 aromatic carbocycles. The van der Waals surface area contributed by atoms with Gasteiger partial charge in [-0.05, 0) is 30.7 Å². The van der Waals surface area contributed by atoms with Gasteiger partial charge in [0, 0.05) is 18.9 Å². The topological polar surface area (TPSA) is 68.3 Å². The number of amides is 1. The number of para-hydroxylation sites is 1. The van der Waals surface area contributed by atoms with E-state index < -0.39 is 6.09 Å². The van der Waals surface area contributed by atoms with E-state index in [2.05, 4.69) is 10.3 Å². The highest BCUT2D eigenvalue weighted by atomic mass is 35.5. The summed E-state index contributed by atoms with van der Waals surface area (Å²) in [7, 11) is 0. The number of ether oxygens (including phenoxy) is 1. The van der Waals surface area contributed by atoms with Crippen molar-refractivity contribution in [1.29, 1.82) is 0 Å². The fourth-order valence-electron chi connectivity index (χ4n) is 1.36. The lowest BCUT2D eigenvalue weighted by molar-refractivity contribution is -0.106. The second-order valence-electron chi connectivity index (χ2n) is 3.80. The molecule has 0 saturated carbocycles. The van der Waals surface area contributed by atoms with E-state index in [1.54, 1.807) is 36.5 Å². The molecule has 0 aliphatic carbocycles. The van der Waals surface area contributed by atoms with Crippen molar-refractivity contribution in [3.05, 3.63) is 59.4 Å². The number of benzene rings is 1. The second-order valence-corrected chi connectivity index (χ2v) is 4.24. The average molecular weight is 307 g/mol. The number of rotatable bonds is 3. The fraction of sp³-hybridized carbons (Fsp3) is 0.133. The van der Waals surface area contributed by atoms with E-state index in [4.69, 9.17) is 21.1 Å². The summed E-state index contributed by atoms with van der Waals surface area (Å²) in [5, 5.41) is 3.15. The van der Waals surface area contributed by atoms with Crippen LogP contribution in [0.3, 0.4) is 0 Å². The highest BCUT2D eigenvalue weighted by Crippen LogP contribution is 2.10. The molecule has 0 fully saturated rings. The molecule has 2 rings (SSSR count). The molecule has 110 valence electrons. The van der Waals surface area contributed by atoms with Gasteiger partial charge in [0.15, 0.2) is 0 Å². The van der Waals surface area contributed by atoms with Crippen LogP contribution in [0.2, 0.25) is 5.02 Å². The first kappa shape index (κ1) is 16.7. The molecule has 0 radical (unpaired) electrons. The lowest BCUT2D eigenvalue weighted by atomic mass is 10.3. The van der Waals surface area contributed by atoms with Crippen molar-refractivity contribution in [2.75, 3.05) is 0 Å². The molecule has 6 heteroatoms. The summed E-state index contributed by atoms with van der Waals surface area (Å²) >= 11 is 5.78. The zero-order valence-electron chi connectivity index (χ0n) is 11.5. The lowest BCUT2D eigenvalue weighted by Crippen LogP contribution is -2.26. The molecular weight excluding hydrogens is 292 g/mol. The highest BCUT2D eigenvalue weighted by Gasteiger charge is 2.03. The van der Waals surface area contributed by atoms with Gasteiger partial charge in [0.1, 0.15) is 12.0 Å². The second kappa shape index (κ2) is 9.50. The van der Waals surface area contributed by atoms with E-state index in [-0.39, 0.29) is 0 Å². The SMILES string of the molecule is CC=O.O=C(NCc1cncc(Cl)c1)Oc1ccccc1. The van der Waals surface area contributed by atoms with Crippen molar-refractivity contribution >= 4 is 24.0 Å². The molecule has 0 bridgehead atoms. The van der Waals surface area contributed by atoms with Gasteiger partial charge >= 0.3 is 6.09 Å². The minimum Gasteiger partial charge on any atom is -0.410 e. The van der Waals surface area contributed by atoms with Crippen molar-refractivity contribution < 1.29 is 14.3 Å². The average Bonchev–Trinajstić information content (AvgIpc) is 2.47. The fourth-order valence-corrected chi connectivity index (χ4v) is 1.55. The first-order valence-electron chi connectivity index (χ1n) is 6.15. The Morgan fingerprint density at radius 1 is 1.33 bits per heavy atom. The molecule has 0 aliphatic heterocycles. The van der Waals surface area contributed by atoms with E-state index in [1.807, 2.05) is 6.07 Å². The molecule has 0 atom stereocenters. The zero-order chi connectivity index (χ0) is 15.5. The van der Waals surface area contributed by atoms with Crippen LogP contribution in [0.25, 0.3) is 0 Å². The molecule has 1 amide bonds. The summed E-state index contributed by atoms with van der Waals surface area (Å²) in [6.45, 7) is 1.76. The number of hydrogen-bond acceptors (Lipinski definition) is 4. The minimum atomic E-state index is -0.513. The molecule has 1 aromatic heterocycles. The number of halogens is 1. The van der Waals surface area contributed by atoms with Gasteiger partial charge in [-0.15, -0.1) is 0 Å². The standard InChI is InChI=1S/C13H11ClN2O2.C2H4O/c14-11-6-10(7-15-9-11)8-16-13(17)18-12-4-2-1-3-5-12;1-2-3/h1-7,9H,8H2,(H,16,17);2H,1H3. The molecule has 0 saturated heterocycles. The minimum absolute atomic E-state index is 0.319. The number of hydrogen-bond donors (Lipinski definition) is 1. The summed E-state index contributed by atoms with van der Waals surface area (Å²) < 4.78 is 5.06. The molecule has 5 nitrogen and oxygen atoms in total. The van der Waals surface area contributed by atoms with Crippen LogP contribution in [0.1, 0.15) is 12.5 Å². The van der Waals surface area contributed by atoms with Crippen LogP contribution in [0.5, 0.6) is 5.75 Å². The lowest BCUT2D eigenvalue weighted by Gasteiger charge is -2.06. The number of carbonyl (C=O) groups is 2. The molecule has 0 unspecified atom stereocenters. The van der Waals surface area contributed by atoms with E-state index in [0.717, 1.165) is 11.8 Å². The summed E-state index contributed by atoms with van der Waals surface area (Å²) in [5.74, 6) is 0.499. The summed E-state index contributed by atoms with van der Waals surface area (Å²) in [6.07, 6.45) is 3.41. The van der Waals surface area contributed by atoms with Gasteiger partial charge in [0.25, 0.3) is 0 Å². The molecular formula is C15H15ClN2O3. The van der Waals surface area contributed by atoms with Crippen molar-refractivity contribution in [1.82, 2.24) is 10.3 Å². The molecule has 1 heterocycles. The van der Waals surface area contributed by atoms with Crippen LogP contribution in [0.15, 0.2) is 48.8 Å². The van der Waals surface area contributed by atoms with Crippen LogP contribution in [-0.2, 0) is 11.3 Å². The predicted molar refractivity (Wildman–Crippen MR) is 80.3 cm³/mol.